The Morgan fingerprint density at radius 3 is 2.69 bits per heavy atom. The van der Waals surface area contributed by atoms with Gasteiger partial charge in [-0.3, -0.25) is 0 Å². The highest BCUT2D eigenvalue weighted by Gasteiger charge is 2.56. The predicted molar refractivity (Wildman–Crippen MR) is 43.9 cm³/mol. The van der Waals surface area contributed by atoms with Crippen LogP contribution in [0.5, 0.6) is 0 Å². The van der Waals surface area contributed by atoms with Crippen LogP contribution in [-0.4, -0.2) is 57.4 Å². The molecule has 5 nitrogen and oxygen atoms in total. The number of piperidine rings is 2. The Hall–Kier alpha value is -0.200. The van der Waals surface area contributed by atoms with E-state index in [2.05, 4.69) is 5.32 Å². The molecule has 2 saturated heterocycles. The zero-order chi connectivity index (χ0) is 9.64. The molecule has 2 bridgehead atoms. The van der Waals surface area contributed by atoms with E-state index in [1.54, 1.807) is 0 Å². The maximum atomic E-state index is 9.98. The lowest BCUT2D eigenvalue weighted by Crippen LogP contribution is -2.74. The van der Waals surface area contributed by atoms with Gasteiger partial charge < -0.3 is 25.7 Å². The summed E-state index contributed by atoms with van der Waals surface area (Å²) in [6.45, 7) is 0.0829. The van der Waals surface area contributed by atoms with Gasteiger partial charge in [-0.2, -0.15) is 0 Å². The Morgan fingerprint density at radius 2 is 2.08 bits per heavy atom. The van der Waals surface area contributed by atoms with Crippen molar-refractivity contribution in [3.8, 4) is 0 Å². The minimum atomic E-state index is -1.37. The van der Waals surface area contributed by atoms with Crippen LogP contribution in [0.1, 0.15) is 6.42 Å². The Kier molecular flexibility index (Phi) is 2.08. The van der Waals surface area contributed by atoms with Crippen molar-refractivity contribution in [3.05, 3.63) is 0 Å². The normalized spacial score (nSPS) is 55.4. The fourth-order valence-corrected chi connectivity index (χ4v) is 2.39. The van der Waals surface area contributed by atoms with E-state index >= 15 is 0 Å². The predicted octanol–water partition coefficient (Wildman–Crippen LogP) is -2.58. The molecule has 2 aliphatic heterocycles. The highest BCUT2D eigenvalue weighted by atomic mass is 16.4. The van der Waals surface area contributed by atoms with E-state index in [9.17, 15) is 15.3 Å². The number of fused-ring (bicyclic) bond motifs is 3. The molecule has 3 rings (SSSR count). The second kappa shape index (κ2) is 2.90. The van der Waals surface area contributed by atoms with Gasteiger partial charge in [0.2, 0.25) is 0 Å². The molecule has 13 heavy (non-hydrogen) atoms. The fraction of sp³-hybridized carbons (Fsp3) is 1.00. The van der Waals surface area contributed by atoms with Gasteiger partial charge in [0.1, 0.15) is 11.7 Å². The molecule has 0 aromatic rings. The van der Waals surface area contributed by atoms with Gasteiger partial charge in [-0.05, 0) is 6.42 Å². The molecule has 1 saturated carbocycles. The van der Waals surface area contributed by atoms with Gasteiger partial charge in [0.25, 0.3) is 0 Å². The first-order valence-electron chi connectivity index (χ1n) is 4.52. The van der Waals surface area contributed by atoms with E-state index in [4.69, 9.17) is 5.11 Å². The van der Waals surface area contributed by atoms with Crippen LogP contribution in [0.25, 0.3) is 0 Å². The van der Waals surface area contributed by atoms with Gasteiger partial charge in [-0.1, -0.05) is 0 Å². The Morgan fingerprint density at radius 1 is 1.38 bits per heavy atom. The number of hydrogen-bond acceptors (Lipinski definition) is 5. The molecule has 0 radical (unpaired) electrons. The SMILES string of the molecule is OC[C@@H]1CC2NCC1(O)C(O)C2O. The van der Waals surface area contributed by atoms with Crippen molar-refractivity contribution >= 4 is 0 Å². The molecular weight excluding hydrogens is 174 g/mol. The molecule has 2 heterocycles. The average molecular weight is 189 g/mol. The van der Waals surface area contributed by atoms with Gasteiger partial charge >= 0.3 is 0 Å². The lowest BCUT2D eigenvalue weighted by molar-refractivity contribution is -0.218. The smallest absolute Gasteiger partial charge is 0.112 e. The molecule has 0 amide bonds. The molecule has 5 N–H and O–H groups in total. The summed E-state index contributed by atoms with van der Waals surface area (Å²) < 4.78 is 0. The van der Waals surface area contributed by atoms with E-state index < -0.39 is 17.8 Å². The largest absolute Gasteiger partial charge is 0.396 e. The lowest BCUT2D eigenvalue weighted by Gasteiger charge is -2.54. The summed E-state index contributed by atoms with van der Waals surface area (Å²) in [5, 5.41) is 41.0. The molecule has 3 fully saturated rings. The summed E-state index contributed by atoms with van der Waals surface area (Å²) in [5.74, 6) is -0.336. The molecular formula is C8H15NO4. The van der Waals surface area contributed by atoms with E-state index in [0.29, 0.717) is 6.42 Å². The summed E-state index contributed by atoms with van der Waals surface area (Å²) in [6, 6.07) is -0.207. The summed E-state index contributed by atoms with van der Waals surface area (Å²) in [7, 11) is 0. The number of aliphatic hydroxyl groups is 4. The minimum absolute atomic E-state index is 0.154. The summed E-state index contributed by atoms with van der Waals surface area (Å²) in [6.07, 6.45) is -1.57. The van der Waals surface area contributed by atoms with Gasteiger partial charge in [-0.25, -0.2) is 0 Å². The average Bonchev–Trinajstić information content (AvgIpc) is 2.14. The molecule has 4 unspecified atom stereocenters. The summed E-state index contributed by atoms with van der Waals surface area (Å²) >= 11 is 0. The van der Waals surface area contributed by atoms with Crippen molar-refractivity contribution in [2.75, 3.05) is 13.2 Å². The lowest BCUT2D eigenvalue weighted by atomic mass is 9.67. The molecule has 76 valence electrons. The highest BCUT2D eigenvalue weighted by molar-refractivity contribution is 5.11. The summed E-state index contributed by atoms with van der Waals surface area (Å²) in [4.78, 5) is 0. The minimum Gasteiger partial charge on any atom is -0.396 e. The molecule has 3 aliphatic rings. The van der Waals surface area contributed by atoms with E-state index in [1.165, 1.54) is 0 Å². The molecule has 0 aromatic carbocycles. The third kappa shape index (κ3) is 1.12. The standard InChI is InChI=1S/C8H15NO4/c10-2-4-1-5-6(11)7(12)8(4,13)3-9-5/h4-7,9-13H,1-3H2/t4-,5?,6?,7?,8?/m0/s1. The Balaban J connectivity index is 2.25. The van der Waals surface area contributed by atoms with Crippen molar-refractivity contribution in [1.29, 1.82) is 0 Å². The van der Waals surface area contributed by atoms with E-state index in [1.807, 2.05) is 0 Å². The molecule has 1 aliphatic carbocycles. The van der Waals surface area contributed by atoms with E-state index in [-0.39, 0.29) is 25.1 Å². The Bertz CT molecular complexity index is 208. The van der Waals surface area contributed by atoms with Crippen LogP contribution >= 0.6 is 0 Å². The van der Waals surface area contributed by atoms with Crippen LogP contribution in [0.15, 0.2) is 0 Å². The zero-order valence-corrected chi connectivity index (χ0v) is 7.22. The van der Waals surface area contributed by atoms with Crippen molar-refractivity contribution in [2.24, 2.45) is 5.92 Å². The number of aliphatic hydroxyl groups excluding tert-OH is 3. The van der Waals surface area contributed by atoms with Crippen molar-refractivity contribution in [1.82, 2.24) is 5.32 Å². The molecule has 0 spiro atoms. The molecule has 5 atom stereocenters. The van der Waals surface area contributed by atoms with Gasteiger partial charge in [0.05, 0.1) is 6.10 Å². The van der Waals surface area contributed by atoms with Crippen molar-refractivity contribution < 1.29 is 20.4 Å². The second-order valence-electron chi connectivity index (χ2n) is 4.03. The second-order valence-corrected chi connectivity index (χ2v) is 4.03. The first-order valence-corrected chi connectivity index (χ1v) is 4.52. The monoisotopic (exact) mass is 189 g/mol. The highest BCUT2D eigenvalue weighted by Crippen LogP contribution is 2.37. The Labute approximate surface area is 76.0 Å². The van der Waals surface area contributed by atoms with Crippen LogP contribution in [0, 0.1) is 5.92 Å². The van der Waals surface area contributed by atoms with Gasteiger partial charge in [-0.15, -0.1) is 0 Å². The van der Waals surface area contributed by atoms with Crippen LogP contribution in [0.4, 0.5) is 0 Å². The fourth-order valence-electron chi connectivity index (χ4n) is 2.39. The van der Waals surface area contributed by atoms with Crippen LogP contribution < -0.4 is 5.32 Å². The van der Waals surface area contributed by atoms with Crippen LogP contribution in [-0.2, 0) is 0 Å². The van der Waals surface area contributed by atoms with Crippen LogP contribution in [0.2, 0.25) is 0 Å². The first-order chi connectivity index (χ1) is 6.09. The van der Waals surface area contributed by atoms with Gasteiger partial charge in [0.15, 0.2) is 0 Å². The topological polar surface area (TPSA) is 93.0 Å². The number of nitrogens with one attached hydrogen (secondary N) is 1. The number of rotatable bonds is 1. The third-order valence-electron chi connectivity index (χ3n) is 3.36. The zero-order valence-electron chi connectivity index (χ0n) is 7.22. The maximum Gasteiger partial charge on any atom is 0.112 e. The quantitative estimate of drug-likeness (QED) is 0.312. The molecule has 0 aromatic heterocycles. The van der Waals surface area contributed by atoms with Crippen LogP contribution in [0.3, 0.4) is 0 Å². The van der Waals surface area contributed by atoms with E-state index in [0.717, 1.165) is 0 Å². The van der Waals surface area contributed by atoms with Crippen molar-refractivity contribution in [3.63, 3.8) is 0 Å². The summed E-state index contributed by atoms with van der Waals surface area (Å²) in [5.41, 5.74) is -1.37. The first kappa shape index (κ1) is 9.36. The van der Waals surface area contributed by atoms with Crippen molar-refractivity contribution in [2.45, 2.75) is 30.3 Å². The van der Waals surface area contributed by atoms with Gasteiger partial charge in [0, 0.05) is 25.1 Å². The maximum absolute atomic E-state index is 9.98. The third-order valence-corrected chi connectivity index (χ3v) is 3.36. The number of hydrogen-bond donors (Lipinski definition) is 5. The molecule has 5 heteroatoms.